The van der Waals surface area contributed by atoms with E-state index in [4.69, 9.17) is 0 Å². The van der Waals surface area contributed by atoms with Crippen LogP contribution in [-0.2, 0) is 6.54 Å². The third kappa shape index (κ3) is 2.62. The van der Waals surface area contributed by atoms with Crippen molar-refractivity contribution in [2.75, 3.05) is 5.32 Å². The highest BCUT2D eigenvalue weighted by Gasteiger charge is 2.12. The van der Waals surface area contributed by atoms with Gasteiger partial charge in [-0.25, -0.2) is 9.97 Å². The average molecular weight is 264 g/mol. The first-order valence-corrected chi connectivity index (χ1v) is 6.19. The molecule has 94 valence electrons. The molecule has 7 heteroatoms. The van der Waals surface area contributed by atoms with Gasteiger partial charge >= 0.3 is 0 Å². The molecule has 0 aliphatic carbocycles. The van der Waals surface area contributed by atoms with Gasteiger partial charge in [-0.2, -0.15) is 0 Å². The van der Waals surface area contributed by atoms with Crippen LogP contribution in [0, 0.1) is 24.0 Å². The molecule has 2 heterocycles. The Morgan fingerprint density at radius 1 is 1.44 bits per heavy atom. The van der Waals surface area contributed by atoms with E-state index in [1.165, 1.54) is 12.3 Å². The fourth-order valence-corrected chi connectivity index (χ4v) is 2.19. The maximum absolute atomic E-state index is 10.8. The average Bonchev–Trinajstić information content (AvgIpc) is 2.73. The van der Waals surface area contributed by atoms with E-state index in [1.54, 1.807) is 23.8 Å². The Kier molecular flexibility index (Phi) is 3.52. The molecule has 0 saturated heterocycles. The van der Waals surface area contributed by atoms with Gasteiger partial charge in [0.2, 0.25) is 0 Å². The predicted molar refractivity (Wildman–Crippen MR) is 69.8 cm³/mol. The first-order valence-electron chi connectivity index (χ1n) is 5.32. The fraction of sp³-hybridized carbons (Fsp3) is 0.273. The lowest BCUT2D eigenvalue weighted by Gasteiger charge is -2.05. The topological polar surface area (TPSA) is 81.0 Å². The maximum atomic E-state index is 10.8. The predicted octanol–water partition coefficient (Wildman–Crippen LogP) is 2.68. The van der Waals surface area contributed by atoms with Crippen LogP contribution in [0.4, 0.5) is 11.5 Å². The minimum Gasteiger partial charge on any atom is -0.365 e. The second-order valence-corrected chi connectivity index (χ2v) is 4.77. The van der Waals surface area contributed by atoms with E-state index in [1.807, 2.05) is 6.92 Å². The summed E-state index contributed by atoms with van der Waals surface area (Å²) in [7, 11) is 0. The summed E-state index contributed by atoms with van der Waals surface area (Å²) in [6, 6.07) is 1.45. The summed E-state index contributed by atoms with van der Waals surface area (Å²) in [5.74, 6) is 0.500. The third-order valence-electron chi connectivity index (χ3n) is 2.55. The van der Waals surface area contributed by atoms with Gasteiger partial charge in [0.1, 0.15) is 5.82 Å². The molecule has 0 amide bonds. The number of hydrogen-bond acceptors (Lipinski definition) is 6. The second kappa shape index (κ2) is 5.09. The molecule has 6 nitrogen and oxygen atoms in total. The van der Waals surface area contributed by atoms with E-state index < -0.39 is 4.92 Å². The zero-order chi connectivity index (χ0) is 13.1. The number of rotatable bonds is 4. The standard InChI is InChI=1S/C11H12N4O2S/c1-7-4-12-11(3-9(7)15(16)17)13-5-10-8(2)14-6-18-10/h3-4,6H,5H2,1-2H3,(H,12,13). The van der Waals surface area contributed by atoms with Gasteiger partial charge in [-0.3, -0.25) is 10.1 Å². The zero-order valence-electron chi connectivity index (χ0n) is 10.0. The smallest absolute Gasteiger partial charge is 0.277 e. The number of nitrogens with zero attached hydrogens (tertiary/aromatic N) is 3. The van der Waals surface area contributed by atoms with Crippen molar-refractivity contribution in [3.05, 3.63) is 44.0 Å². The molecule has 0 fully saturated rings. The summed E-state index contributed by atoms with van der Waals surface area (Å²) in [6.45, 7) is 4.17. The van der Waals surface area contributed by atoms with Gasteiger partial charge in [-0.15, -0.1) is 11.3 Å². The van der Waals surface area contributed by atoms with E-state index >= 15 is 0 Å². The number of thiazole rings is 1. The van der Waals surface area contributed by atoms with Crippen molar-refractivity contribution < 1.29 is 4.92 Å². The number of hydrogen-bond donors (Lipinski definition) is 1. The lowest BCUT2D eigenvalue weighted by Crippen LogP contribution is -2.02. The molecule has 0 atom stereocenters. The van der Waals surface area contributed by atoms with Crippen LogP contribution in [0.25, 0.3) is 0 Å². The zero-order valence-corrected chi connectivity index (χ0v) is 10.8. The number of nitrogens with one attached hydrogen (secondary N) is 1. The van der Waals surface area contributed by atoms with Crippen molar-refractivity contribution >= 4 is 22.8 Å². The van der Waals surface area contributed by atoms with Crippen LogP contribution in [0.5, 0.6) is 0 Å². The molecule has 1 N–H and O–H groups in total. The molecule has 0 bridgehead atoms. The van der Waals surface area contributed by atoms with Crippen LogP contribution in [0.2, 0.25) is 0 Å². The SMILES string of the molecule is Cc1cnc(NCc2scnc2C)cc1[N+](=O)[O-]. The molecule has 0 aliphatic rings. The molecule has 2 aromatic rings. The molecule has 0 aromatic carbocycles. The van der Waals surface area contributed by atoms with Gasteiger partial charge in [-0.05, 0) is 13.8 Å². The van der Waals surface area contributed by atoms with E-state index in [-0.39, 0.29) is 5.69 Å². The first kappa shape index (κ1) is 12.4. The molecule has 18 heavy (non-hydrogen) atoms. The van der Waals surface area contributed by atoms with E-state index in [0.29, 0.717) is 17.9 Å². The first-order chi connectivity index (χ1) is 8.58. The van der Waals surface area contributed by atoms with Gasteiger partial charge in [0.05, 0.1) is 28.7 Å². The van der Waals surface area contributed by atoms with Crippen LogP contribution in [0.1, 0.15) is 16.1 Å². The minimum absolute atomic E-state index is 0.0773. The Morgan fingerprint density at radius 3 is 2.83 bits per heavy atom. The number of nitro groups is 1. The Morgan fingerprint density at radius 2 is 2.22 bits per heavy atom. The molecule has 0 aliphatic heterocycles. The van der Waals surface area contributed by atoms with Crippen LogP contribution < -0.4 is 5.32 Å². The molecule has 0 saturated carbocycles. The molecule has 2 rings (SSSR count). The molecular formula is C11H12N4O2S. The number of aromatic nitrogens is 2. The van der Waals surface area contributed by atoms with Crippen LogP contribution >= 0.6 is 11.3 Å². The lowest BCUT2D eigenvalue weighted by atomic mass is 10.2. The summed E-state index contributed by atoms with van der Waals surface area (Å²) >= 11 is 1.55. The lowest BCUT2D eigenvalue weighted by molar-refractivity contribution is -0.385. The van der Waals surface area contributed by atoms with Crippen molar-refractivity contribution in [3.63, 3.8) is 0 Å². The van der Waals surface area contributed by atoms with Gasteiger partial charge in [0.25, 0.3) is 5.69 Å². The van der Waals surface area contributed by atoms with Crippen molar-refractivity contribution in [2.45, 2.75) is 20.4 Å². The van der Waals surface area contributed by atoms with Gasteiger partial charge in [-0.1, -0.05) is 0 Å². The second-order valence-electron chi connectivity index (χ2n) is 3.83. The van der Waals surface area contributed by atoms with Crippen LogP contribution in [-0.4, -0.2) is 14.9 Å². The van der Waals surface area contributed by atoms with Gasteiger partial charge in [0, 0.05) is 16.6 Å². The molecule has 0 spiro atoms. The number of anilines is 1. The van der Waals surface area contributed by atoms with E-state index in [9.17, 15) is 10.1 Å². The van der Waals surface area contributed by atoms with Crippen LogP contribution in [0.15, 0.2) is 17.8 Å². The monoisotopic (exact) mass is 264 g/mol. The molecule has 0 radical (unpaired) electrons. The highest BCUT2D eigenvalue weighted by Crippen LogP contribution is 2.21. The van der Waals surface area contributed by atoms with E-state index in [0.717, 1.165) is 10.6 Å². The quantitative estimate of drug-likeness (QED) is 0.678. The third-order valence-corrected chi connectivity index (χ3v) is 3.48. The largest absolute Gasteiger partial charge is 0.365 e. The Bertz CT molecular complexity index is 582. The Labute approximate surface area is 108 Å². The highest BCUT2D eigenvalue weighted by atomic mass is 32.1. The van der Waals surface area contributed by atoms with Crippen molar-refractivity contribution in [3.8, 4) is 0 Å². The summed E-state index contributed by atoms with van der Waals surface area (Å²) in [5.41, 5.74) is 3.37. The number of pyridine rings is 1. The summed E-state index contributed by atoms with van der Waals surface area (Å²) < 4.78 is 0. The summed E-state index contributed by atoms with van der Waals surface area (Å²) in [4.78, 5) is 19.8. The highest BCUT2D eigenvalue weighted by molar-refractivity contribution is 7.09. The van der Waals surface area contributed by atoms with Gasteiger partial charge < -0.3 is 5.32 Å². The van der Waals surface area contributed by atoms with Crippen molar-refractivity contribution in [1.82, 2.24) is 9.97 Å². The maximum Gasteiger partial charge on any atom is 0.277 e. The minimum atomic E-state index is -0.403. The van der Waals surface area contributed by atoms with Crippen molar-refractivity contribution in [1.29, 1.82) is 0 Å². The van der Waals surface area contributed by atoms with E-state index in [2.05, 4.69) is 15.3 Å². The fourth-order valence-electron chi connectivity index (χ4n) is 1.47. The summed E-state index contributed by atoms with van der Waals surface area (Å²) in [5, 5.41) is 13.9. The molecule has 2 aromatic heterocycles. The Balaban J connectivity index is 2.13. The van der Waals surface area contributed by atoms with Crippen molar-refractivity contribution in [2.24, 2.45) is 0 Å². The molecule has 0 unspecified atom stereocenters. The van der Waals surface area contributed by atoms with Gasteiger partial charge in [0.15, 0.2) is 0 Å². The normalized spacial score (nSPS) is 10.3. The summed E-state index contributed by atoms with van der Waals surface area (Å²) in [6.07, 6.45) is 1.50. The van der Waals surface area contributed by atoms with Crippen LogP contribution in [0.3, 0.4) is 0 Å². The Hall–Kier alpha value is -2.02. The number of aryl methyl sites for hydroxylation is 2. The molecular weight excluding hydrogens is 252 g/mol.